The molecule has 1 N–H and O–H groups in total. The second-order valence-corrected chi connectivity index (χ2v) is 7.01. The summed E-state index contributed by atoms with van der Waals surface area (Å²) in [5.41, 5.74) is 3.51. The molecule has 0 bridgehead atoms. The van der Waals surface area contributed by atoms with Gasteiger partial charge in [0.1, 0.15) is 5.75 Å². The van der Waals surface area contributed by atoms with Gasteiger partial charge in [-0.25, -0.2) is 0 Å². The van der Waals surface area contributed by atoms with Crippen LogP contribution in [0.25, 0.3) is 0 Å². The van der Waals surface area contributed by atoms with E-state index in [1.54, 1.807) is 0 Å². The lowest BCUT2D eigenvalue weighted by Gasteiger charge is -2.32. The molecule has 0 saturated carbocycles. The van der Waals surface area contributed by atoms with Crippen molar-refractivity contribution in [2.45, 2.75) is 46.1 Å². The predicted molar refractivity (Wildman–Crippen MR) is 89.1 cm³/mol. The van der Waals surface area contributed by atoms with Gasteiger partial charge in [0.2, 0.25) is 0 Å². The number of piperazine rings is 1. The number of likely N-dealkylation sites (N-methyl/N-ethyl adjacent to an activating group) is 1. The summed E-state index contributed by atoms with van der Waals surface area (Å²) in [7, 11) is 2.19. The van der Waals surface area contributed by atoms with Crippen LogP contribution in [-0.4, -0.2) is 48.1 Å². The average Bonchev–Trinajstić information content (AvgIpc) is 2.42. The largest absolute Gasteiger partial charge is 0.507 e. The first-order chi connectivity index (χ1) is 9.88. The fourth-order valence-electron chi connectivity index (χ4n) is 2.98. The van der Waals surface area contributed by atoms with Gasteiger partial charge in [0, 0.05) is 32.7 Å². The Morgan fingerprint density at radius 3 is 1.86 bits per heavy atom. The van der Waals surface area contributed by atoms with Crippen molar-refractivity contribution in [1.29, 1.82) is 0 Å². The fourth-order valence-corrected chi connectivity index (χ4v) is 2.98. The highest BCUT2D eigenvalue weighted by Crippen LogP contribution is 2.35. The lowest BCUT2D eigenvalue weighted by Crippen LogP contribution is -2.43. The van der Waals surface area contributed by atoms with Crippen LogP contribution in [0, 0.1) is 0 Å². The first-order valence-electron chi connectivity index (χ1n) is 8.15. The molecule has 0 aliphatic carbocycles. The zero-order valence-corrected chi connectivity index (χ0v) is 14.2. The van der Waals surface area contributed by atoms with Gasteiger partial charge in [0.15, 0.2) is 0 Å². The number of nitrogens with zero attached hydrogens (tertiary/aromatic N) is 2. The van der Waals surface area contributed by atoms with E-state index in [9.17, 15) is 5.11 Å². The van der Waals surface area contributed by atoms with Crippen LogP contribution < -0.4 is 0 Å². The highest BCUT2D eigenvalue weighted by molar-refractivity contribution is 5.46. The topological polar surface area (TPSA) is 26.7 Å². The van der Waals surface area contributed by atoms with Gasteiger partial charge in [-0.3, -0.25) is 4.90 Å². The molecular formula is C18H30N2O. The first kappa shape index (κ1) is 16.3. The van der Waals surface area contributed by atoms with E-state index in [4.69, 9.17) is 0 Å². The van der Waals surface area contributed by atoms with E-state index >= 15 is 0 Å². The lowest BCUT2D eigenvalue weighted by atomic mass is 9.91. The van der Waals surface area contributed by atoms with E-state index in [1.165, 1.54) is 5.56 Å². The highest BCUT2D eigenvalue weighted by atomic mass is 16.3. The van der Waals surface area contributed by atoms with Gasteiger partial charge in [-0.05, 0) is 35.6 Å². The summed E-state index contributed by atoms with van der Waals surface area (Å²) in [4.78, 5) is 4.90. The molecule has 3 nitrogen and oxygen atoms in total. The molecule has 0 atom stereocenters. The zero-order valence-electron chi connectivity index (χ0n) is 14.2. The van der Waals surface area contributed by atoms with Gasteiger partial charge in [-0.1, -0.05) is 39.8 Å². The molecule has 1 aromatic rings. The Morgan fingerprint density at radius 2 is 1.43 bits per heavy atom. The lowest BCUT2D eigenvalue weighted by molar-refractivity contribution is 0.148. The maximum Gasteiger partial charge on any atom is 0.122 e. The molecule has 1 fully saturated rings. The number of phenols is 1. The molecule has 0 aromatic heterocycles. The van der Waals surface area contributed by atoms with Gasteiger partial charge < -0.3 is 10.0 Å². The normalized spacial score (nSPS) is 17.9. The monoisotopic (exact) mass is 290 g/mol. The molecule has 1 heterocycles. The predicted octanol–water partition coefficient (Wildman–Crippen LogP) is 3.39. The minimum atomic E-state index is 0.356. The molecule has 2 rings (SSSR count). The molecule has 1 aromatic carbocycles. The van der Waals surface area contributed by atoms with Gasteiger partial charge in [0.25, 0.3) is 0 Å². The maximum atomic E-state index is 10.5. The molecule has 1 saturated heterocycles. The standard InChI is InChI=1S/C18H30N2O/c1-13(2)16-10-15(11-17(14(3)4)18(16)21)12-20-8-6-19(5)7-9-20/h10-11,13-14,21H,6-9,12H2,1-5H3. The second kappa shape index (κ2) is 6.80. The third-order valence-electron chi connectivity index (χ3n) is 4.47. The van der Waals surface area contributed by atoms with Gasteiger partial charge >= 0.3 is 0 Å². The first-order valence-corrected chi connectivity index (χ1v) is 8.15. The summed E-state index contributed by atoms with van der Waals surface area (Å²) in [6.07, 6.45) is 0. The van der Waals surface area contributed by atoms with E-state index < -0.39 is 0 Å². The van der Waals surface area contributed by atoms with Crippen LogP contribution in [0.2, 0.25) is 0 Å². The van der Waals surface area contributed by atoms with Crippen LogP contribution in [-0.2, 0) is 6.54 Å². The summed E-state index contributed by atoms with van der Waals surface area (Å²) < 4.78 is 0. The number of phenolic OH excluding ortho intramolecular Hbond substituents is 1. The van der Waals surface area contributed by atoms with Crippen LogP contribution in [0.1, 0.15) is 56.2 Å². The number of hydrogen-bond acceptors (Lipinski definition) is 3. The number of hydrogen-bond donors (Lipinski definition) is 1. The van der Waals surface area contributed by atoms with Crippen molar-refractivity contribution in [2.75, 3.05) is 33.2 Å². The van der Waals surface area contributed by atoms with Crippen LogP contribution in [0.15, 0.2) is 12.1 Å². The molecule has 3 heteroatoms. The average molecular weight is 290 g/mol. The summed E-state index contributed by atoms with van der Waals surface area (Å²) in [5.74, 6) is 1.21. The van der Waals surface area contributed by atoms with Crippen LogP contribution >= 0.6 is 0 Å². The van der Waals surface area contributed by atoms with E-state index in [0.29, 0.717) is 17.6 Å². The minimum absolute atomic E-state index is 0.356. The van der Waals surface area contributed by atoms with Crippen LogP contribution in [0.4, 0.5) is 0 Å². The van der Waals surface area contributed by atoms with E-state index in [0.717, 1.165) is 43.9 Å². The van der Waals surface area contributed by atoms with Gasteiger partial charge in [-0.2, -0.15) is 0 Å². The van der Waals surface area contributed by atoms with Crippen LogP contribution in [0.3, 0.4) is 0 Å². The molecule has 1 aliphatic rings. The van der Waals surface area contributed by atoms with Crippen molar-refractivity contribution in [3.63, 3.8) is 0 Å². The van der Waals surface area contributed by atoms with Crippen molar-refractivity contribution >= 4 is 0 Å². The highest BCUT2D eigenvalue weighted by Gasteiger charge is 2.18. The molecule has 21 heavy (non-hydrogen) atoms. The van der Waals surface area contributed by atoms with Crippen molar-refractivity contribution in [3.8, 4) is 5.75 Å². The van der Waals surface area contributed by atoms with E-state index in [1.807, 2.05) is 0 Å². The molecule has 0 spiro atoms. The summed E-state index contributed by atoms with van der Waals surface area (Å²) in [6, 6.07) is 4.40. The SMILES string of the molecule is CC(C)c1cc(CN2CCN(C)CC2)cc(C(C)C)c1O. The third kappa shape index (κ3) is 3.98. The molecule has 0 amide bonds. The summed E-state index contributed by atoms with van der Waals surface area (Å²) in [5, 5.41) is 10.5. The fraction of sp³-hybridized carbons (Fsp3) is 0.667. The molecule has 0 radical (unpaired) electrons. The minimum Gasteiger partial charge on any atom is -0.507 e. The van der Waals surface area contributed by atoms with E-state index in [-0.39, 0.29) is 0 Å². The molecule has 1 aliphatic heterocycles. The van der Waals surface area contributed by atoms with Crippen LogP contribution in [0.5, 0.6) is 5.75 Å². The third-order valence-corrected chi connectivity index (χ3v) is 4.47. The number of aromatic hydroxyl groups is 1. The molecular weight excluding hydrogens is 260 g/mol. The van der Waals surface area contributed by atoms with Crippen molar-refractivity contribution < 1.29 is 5.11 Å². The molecule has 118 valence electrons. The van der Waals surface area contributed by atoms with Crippen molar-refractivity contribution in [1.82, 2.24) is 9.80 Å². The van der Waals surface area contributed by atoms with Gasteiger partial charge in [0.05, 0.1) is 0 Å². The van der Waals surface area contributed by atoms with E-state index in [2.05, 4.69) is 56.7 Å². The Kier molecular flexibility index (Phi) is 5.28. The van der Waals surface area contributed by atoms with Gasteiger partial charge in [-0.15, -0.1) is 0 Å². The summed E-state index contributed by atoms with van der Waals surface area (Å²) in [6.45, 7) is 14.2. The van der Waals surface area contributed by atoms with Crippen molar-refractivity contribution in [2.24, 2.45) is 0 Å². The number of rotatable bonds is 4. The zero-order chi connectivity index (χ0) is 15.6. The van der Waals surface area contributed by atoms with Crippen molar-refractivity contribution in [3.05, 3.63) is 28.8 Å². The Hall–Kier alpha value is -1.06. The Balaban J connectivity index is 2.22. The maximum absolute atomic E-state index is 10.5. The number of benzene rings is 1. The smallest absolute Gasteiger partial charge is 0.122 e. The Bertz CT molecular complexity index is 445. The Labute approximate surface area is 129 Å². The quantitative estimate of drug-likeness (QED) is 0.921. The Morgan fingerprint density at radius 1 is 0.952 bits per heavy atom. The molecule has 0 unspecified atom stereocenters. The summed E-state index contributed by atoms with van der Waals surface area (Å²) >= 11 is 0. The second-order valence-electron chi connectivity index (χ2n) is 7.01.